The second kappa shape index (κ2) is 9.85. The molecule has 0 aliphatic carbocycles. The lowest BCUT2D eigenvalue weighted by Gasteiger charge is -2.19. The van der Waals surface area contributed by atoms with Crippen LogP contribution in [0, 0.1) is 0 Å². The summed E-state index contributed by atoms with van der Waals surface area (Å²) < 4.78 is 3.37. The Balaban J connectivity index is 2.82. The standard InChI is InChI=1S/C15H28BrN3S/c1-5-9-17-12(11-20-8-4)10-14-15(16)13(6-2)18-19(14)7-3/h12,17H,5-11H2,1-4H3. The zero-order valence-electron chi connectivity index (χ0n) is 13.2. The normalized spacial score (nSPS) is 12.8. The van der Waals surface area contributed by atoms with Crippen molar-refractivity contribution in [2.45, 2.75) is 59.5 Å². The molecule has 0 spiro atoms. The molecule has 0 aliphatic rings. The van der Waals surface area contributed by atoms with Crippen molar-refractivity contribution in [3.63, 3.8) is 0 Å². The molecule has 0 amide bonds. The first kappa shape index (κ1) is 18.1. The summed E-state index contributed by atoms with van der Waals surface area (Å²) in [5, 5.41) is 8.37. The molecule has 1 aromatic rings. The number of hydrogen-bond donors (Lipinski definition) is 1. The summed E-state index contributed by atoms with van der Waals surface area (Å²) in [6.45, 7) is 10.8. The first-order chi connectivity index (χ1) is 9.67. The number of halogens is 1. The topological polar surface area (TPSA) is 29.9 Å². The van der Waals surface area contributed by atoms with Crippen LogP contribution in [0.4, 0.5) is 0 Å². The van der Waals surface area contributed by atoms with E-state index in [-0.39, 0.29) is 0 Å². The zero-order chi connectivity index (χ0) is 15.0. The van der Waals surface area contributed by atoms with Gasteiger partial charge in [-0.2, -0.15) is 16.9 Å². The highest BCUT2D eigenvalue weighted by Crippen LogP contribution is 2.24. The summed E-state index contributed by atoms with van der Waals surface area (Å²) in [5.74, 6) is 2.35. The molecule has 0 radical (unpaired) electrons. The Morgan fingerprint density at radius 3 is 2.60 bits per heavy atom. The van der Waals surface area contributed by atoms with Crippen LogP contribution in [0.2, 0.25) is 0 Å². The van der Waals surface area contributed by atoms with Crippen LogP contribution in [0.15, 0.2) is 4.47 Å². The van der Waals surface area contributed by atoms with Gasteiger partial charge >= 0.3 is 0 Å². The fourth-order valence-corrected chi connectivity index (χ4v) is 3.73. The number of aromatic nitrogens is 2. The number of nitrogens with zero attached hydrogens (tertiary/aromatic N) is 2. The van der Waals surface area contributed by atoms with E-state index in [1.807, 2.05) is 11.8 Å². The molecule has 1 rings (SSSR count). The largest absolute Gasteiger partial charge is 0.313 e. The molecular weight excluding hydrogens is 334 g/mol. The van der Waals surface area contributed by atoms with Crippen LogP contribution in [0.5, 0.6) is 0 Å². The van der Waals surface area contributed by atoms with Crippen LogP contribution in [-0.2, 0) is 19.4 Å². The van der Waals surface area contributed by atoms with Gasteiger partial charge in [0.25, 0.3) is 0 Å². The molecule has 1 heterocycles. The zero-order valence-corrected chi connectivity index (χ0v) is 15.6. The Hall–Kier alpha value is 0. The lowest BCUT2D eigenvalue weighted by Crippen LogP contribution is -2.35. The average molecular weight is 362 g/mol. The van der Waals surface area contributed by atoms with E-state index in [2.05, 4.69) is 53.6 Å². The van der Waals surface area contributed by atoms with Crippen molar-refractivity contribution in [1.29, 1.82) is 0 Å². The van der Waals surface area contributed by atoms with Gasteiger partial charge in [-0.15, -0.1) is 0 Å². The van der Waals surface area contributed by atoms with Gasteiger partial charge in [-0.05, 0) is 48.0 Å². The Morgan fingerprint density at radius 2 is 2.05 bits per heavy atom. The van der Waals surface area contributed by atoms with Crippen molar-refractivity contribution in [3.8, 4) is 0 Å². The molecule has 1 atom stereocenters. The number of thioether (sulfide) groups is 1. The molecule has 0 aromatic carbocycles. The van der Waals surface area contributed by atoms with Gasteiger partial charge in [0.15, 0.2) is 0 Å². The summed E-state index contributed by atoms with van der Waals surface area (Å²) >= 11 is 5.76. The summed E-state index contributed by atoms with van der Waals surface area (Å²) in [5.41, 5.74) is 2.52. The van der Waals surface area contributed by atoms with E-state index in [4.69, 9.17) is 5.10 Å². The maximum atomic E-state index is 4.70. The van der Waals surface area contributed by atoms with Crippen LogP contribution >= 0.6 is 27.7 Å². The molecule has 5 heteroatoms. The minimum Gasteiger partial charge on any atom is -0.313 e. The van der Waals surface area contributed by atoms with E-state index in [0.717, 1.165) is 25.9 Å². The Morgan fingerprint density at radius 1 is 1.30 bits per heavy atom. The third-order valence-corrected chi connectivity index (χ3v) is 5.30. The molecular formula is C15H28BrN3S. The van der Waals surface area contributed by atoms with E-state index < -0.39 is 0 Å². The van der Waals surface area contributed by atoms with Gasteiger partial charge in [-0.25, -0.2) is 0 Å². The minimum absolute atomic E-state index is 0.530. The quantitative estimate of drug-likeness (QED) is 0.685. The molecule has 1 N–H and O–H groups in total. The second-order valence-electron chi connectivity index (χ2n) is 4.89. The van der Waals surface area contributed by atoms with Gasteiger partial charge in [0.05, 0.1) is 15.9 Å². The predicted octanol–water partition coefficient (Wildman–Crippen LogP) is 3.89. The van der Waals surface area contributed by atoms with Crippen molar-refractivity contribution in [3.05, 3.63) is 15.9 Å². The molecule has 0 bridgehead atoms. The first-order valence-electron chi connectivity index (χ1n) is 7.72. The highest BCUT2D eigenvalue weighted by molar-refractivity contribution is 9.10. The smallest absolute Gasteiger partial charge is 0.0766 e. The van der Waals surface area contributed by atoms with Gasteiger partial charge < -0.3 is 5.32 Å². The van der Waals surface area contributed by atoms with Crippen LogP contribution in [0.1, 0.15) is 45.5 Å². The van der Waals surface area contributed by atoms with Crippen molar-refractivity contribution >= 4 is 27.7 Å². The fraction of sp³-hybridized carbons (Fsp3) is 0.800. The van der Waals surface area contributed by atoms with E-state index >= 15 is 0 Å². The molecule has 0 aliphatic heterocycles. The molecule has 20 heavy (non-hydrogen) atoms. The molecule has 0 saturated carbocycles. The van der Waals surface area contributed by atoms with Gasteiger partial charge in [-0.3, -0.25) is 4.68 Å². The summed E-state index contributed by atoms with van der Waals surface area (Å²) in [7, 11) is 0. The maximum Gasteiger partial charge on any atom is 0.0766 e. The maximum absolute atomic E-state index is 4.70. The van der Waals surface area contributed by atoms with Crippen molar-refractivity contribution < 1.29 is 0 Å². The summed E-state index contributed by atoms with van der Waals surface area (Å²) in [6, 6.07) is 0.530. The van der Waals surface area contributed by atoms with Crippen LogP contribution in [0.25, 0.3) is 0 Å². The highest BCUT2D eigenvalue weighted by atomic mass is 79.9. The highest BCUT2D eigenvalue weighted by Gasteiger charge is 2.18. The number of aryl methyl sites for hydroxylation is 2. The van der Waals surface area contributed by atoms with Gasteiger partial charge in [-0.1, -0.05) is 20.8 Å². The molecule has 0 fully saturated rings. The fourth-order valence-electron chi connectivity index (χ4n) is 2.24. The third kappa shape index (κ3) is 5.08. The van der Waals surface area contributed by atoms with Gasteiger partial charge in [0.1, 0.15) is 0 Å². The molecule has 116 valence electrons. The SMILES string of the molecule is CCCNC(CSCC)Cc1c(Br)c(CC)nn1CC. The Kier molecular flexibility index (Phi) is 8.89. The molecule has 1 unspecified atom stereocenters. The van der Waals surface area contributed by atoms with Crippen LogP contribution < -0.4 is 5.32 Å². The number of nitrogens with one attached hydrogen (secondary N) is 1. The molecule has 0 saturated heterocycles. The average Bonchev–Trinajstić information content (AvgIpc) is 2.77. The van der Waals surface area contributed by atoms with E-state index in [9.17, 15) is 0 Å². The van der Waals surface area contributed by atoms with Gasteiger partial charge in [0, 0.05) is 24.8 Å². The number of hydrogen-bond acceptors (Lipinski definition) is 3. The van der Waals surface area contributed by atoms with Crippen molar-refractivity contribution in [2.24, 2.45) is 0 Å². The van der Waals surface area contributed by atoms with Crippen molar-refractivity contribution in [2.75, 3.05) is 18.1 Å². The van der Waals surface area contributed by atoms with E-state index in [1.165, 1.54) is 33.8 Å². The summed E-state index contributed by atoms with van der Waals surface area (Å²) in [4.78, 5) is 0. The monoisotopic (exact) mass is 361 g/mol. The predicted molar refractivity (Wildman–Crippen MR) is 93.8 cm³/mol. The number of rotatable bonds is 10. The summed E-state index contributed by atoms with van der Waals surface area (Å²) in [6.07, 6.45) is 3.22. The second-order valence-corrected chi connectivity index (χ2v) is 7.00. The van der Waals surface area contributed by atoms with Crippen molar-refractivity contribution in [1.82, 2.24) is 15.1 Å². The lowest BCUT2D eigenvalue weighted by molar-refractivity contribution is 0.519. The molecule has 1 aromatic heterocycles. The third-order valence-electron chi connectivity index (χ3n) is 3.34. The van der Waals surface area contributed by atoms with E-state index in [0.29, 0.717) is 6.04 Å². The van der Waals surface area contributed by atoms with Crippen LogP contribution in [-0.4, -0.2) is 33.9 Å². The first-order valence-corrected chi connectivity index (χ1v) is 9.67. The van der Waals surface area contributed by atoms with Gasteiger partial charge in [0.2, 0.25) is 0 Å². The van der Waals surface area contributed by atoms with Crippen LogP contribution in [0.3, 0.4) is 0 Å². The Bertz CT molecular complexity index is 385. The Labute approximate surface area is 136 Å². The lowest BCUT2D eigenvalue weighted by atomic mass is 10.1. The molecule has 3 nitrogen and oxygen atoms in total. The minimum atomic E-state index is 0.530. The van der Waals surface area contributed by atoms with E-state index in [1.54, 1.807) is 0 Å².